The molecular weight excluding hydrogens is 426 g/mol. The first-order valence-corrected chi connectivity index (χ1v) is 11.5. The molecule has 3 N–H and O–H groups in total. The van der Waals surface area contributed by atoms with Gasteiger partial charge in [-0.2, -0.15) is 0 Å². The fourth-order valence-corrected chi connectivity index (χ4v) is 3.99. The summed E-state index contributed by atoms with van der Waals surface area (Å²) in [6.45, 7) is 4.12. The fourth-order valence-electron chi connectivity index (χ4n) is 3.99. The molecule has 5 rings (SSSR count). The summed E-state index contributed by atoms with van der Waals surface area (Å²) in [5.41, 5.74) is 8.81. The van der Waals surface area contributed by atoms with Crippen LogP contribution in [0.25, 0.3) is 22.3 Å². The van der Waals surface area contributed by atoms with Crippen LogP contribution in [-0.2, 0) is 11.2 Å². The van der Waals surface area contributed by atoms with E-state index < -0.39 is 0 Å². The maximum atomic E-state index is 10.4. The molecule has 2 aromatic carbocycles. The molecule has 1 amide bonds. The van der Waals surface area contributed by atoms with E-state index in [1.165, 1.54) is 18.4 Å². The molecule has 0 atom stereocenters. The van der Waals surface area contributed by atoms with Crippen molar-refractivity contribution in [1.82, 2.24) is 15.0 Å². The van der Waals surface area contributed by atoms with Crippen LogP contribution in [0.4, 0.5) is 5.82 Å². The van der Waals surface area contributed by atoms with Crippen LogP contribution < -0.4 is 10.6 Å². The number of phenols is 1. The number of aromatic hydroxyl groups is 1. The summed E-state index contributed by atoms with van der Waals surface area (Å²) in [6.07, 6.45) is 6.91. The second-order valence-corrected chi connectivity index (χ2v) is 8.43. The van der Waals surface area contributed by atoms with Crippen molar-refractivity contribution < 1.29 is 9.90 Å². The zero-order valence-electron chi connectivity index (χ0n) is 19.3. The van der Waals surface area contributed by atoms with Crippen LogP contribution in [0.15, 0.2) is 67.0 Å². The van der Waals surface area contributed by atoms with Crippen LogP contribution in [0.5, 0.6) is 5.75 Å². The Morgan fingerprint density at radius 3 is 2.56 bits per heavy atom. The maximum Gasteiger partial charge on any atom is 0.217 e. The van der Waals surface area contributed by atoms with E-state index in [2.05, 4.69) is 35.0 Å². The Bertz CT molecular complexity index is 1270. The zero-order chi connectivity index (χ0) is 23.9. The monoisotopic (exact) mass is 455 g/mol. The van der Waals surface area contributed by atoms with Gasteiger partial charge in [0.25, 0.3) is 0 Å². The molecule has 0 bridgehead atoms. The molecule has 1 saturated heterocycles. The number of rotatable bonds is 5. The molecule has 3 heterocycles. The Balaban J connectivity index is 0.000000210. The molecular formula is C27H29N5O2. The van der Waals surface area contributed by atoms with Crippen molar-refractivity contribution >= 4 is 22.6 Å². The first-order chi connectivity index (χ1) is 16.5. The molecule has 7 heteroatoms. The van der Waals surface area contributed by atoms with Gasteiger partial charge in [-0.05, 0) is 67.6 Å². The fraction of sp³-hybridized carbons (Fsp3) is 0.259. The van der Waals surface area contributed by atoms with Crippen LogP contribution in [-0.4, -0.2) is 39.1 Å². The first-order valence-electron chi connectivity index (χ1n) is 11.5. The zero-order valence-corrected chi connectivity index (χ0v) is 19.3. The molecule has 0 aliphatic carbocycles. The number of aryl methyl sites for hydroxylation is 2. The summed E-state index contributed by atoms with van der Waals surface area (Å²) in [7, 11) is 0. The molecule has 0 saturated carbocycles. The highest BCUT2D eigenvalue weighted by Crippen LogP contribution is 2.33. The number of carbonyl (C=O) groups excluding carboxylic acids is 1. The van der Waals surface area contributed by atoms with E-state index in [0.717, 1.165) is 35.4 Å². The molecule has 34 heavy (non-hydrogen) atoms. The topological polar surface area (TPSA) is 105 Å². The van der Waals surface area contributed by atoms with Gasteiger partial charge in [-0.1, -0.05) is 24.3 Å². The molecule has 174 valence electrons. The van der Waals surface area contributed by atoms with Gasteiger partial charge in [0.2, 0.25) is 5.91 Å². The number of anilines is 1. The highest BCUT2D eigenvalue weighted by molar-refractivity contribution is 5.92. The number of nitrogens with zero attached hydrogens (tertiary/aromatic N) is 4. The van der Waals surface area contributed by atoms with E-state index in [0.29, 0.717) is 24.2 Å². The van der Waals surface area contributed by atoms with Crippen molar-refractivity contribution in [3.05, 3.63) is 78.1 Å². The second kappa shape index (κ2) is 10.7. The normalized spacial score (nSPS) is 12.9. The summed E-state index contributed by atoms with van der Waals surface area (Å²) in [6, 6.07) is 17.3. The number of primary amides is 1. The number of hydrogen-bond donors (Lipinski definition) is 2. The van der Waals surface area contributed by atoms with E-state index in [1.807, 2.05) is 30.3 Å². The lowest BCUT2D eigenvalue weighted by atomic mass is 10.1. The van der Waals surface area contributed by atoms with E-state index >= 15 is 0 Å². The average molecular weight is 456 g/mol. The average Bonchev–Trinajstić information content (AvgIpc) is 3.38. The van der Waals surface area contributed by atoms with Crippen LogP contribution in [0, 0.1) is 6.92 Å². The number of hydrogen-bond acceptors (Lipinski definition) is 6. The van der Waals surface area contributed by atoms with Gasteiger partial charge in [0.15, 0.2) is 5.82 Å². The highest BCUT2D eigenvalue weighted by atomic mass is 16.3. The highest BCUT2D eigenvalue weighted by Gasteiger charge is 2.19. The van der Waals surface area contributed by atoms with Gasteiger partial charge in [0.1, 0.15) is 11.6 Å². The third-order valence-corrected chi connectivity index (χ3v) is 5.77. The lowest BCUT2D eigenvalue weighted by molar-refractivity contribution is -0.117. The molecule has 0 spiro atoms. The number of pyridine rings is 1. The Morgan fingerprint density at radius 2 is 1.85 bits per heavy atom. The third kappa shape index (κ3) is 5.67. The largest absolute Gasteiger partial charge is 0.507 e. The number of nitrogens with two attached hydrogens (primary N) is 1. The Hall–Kier alpha value is -4.00. The van der Waals surface area contributed by atoms with E-state index in [-0.39, 0.29) is 11.7 Å². The van der Waals surface area contributed by atoms with Gasteiger partial charge in [-0.3, -0.25) is 9.78 Å². The number of benzene rings is 2. The van der Waals surface area contributed by atoms with E-state index in [4.69, 9.17) is 15.7 Å². The summed E-state index contributed by atoms with van der Waals surface area (Å²) in [4.78, 5) is 26.1. The lowest BCUT2D eigenvalue weighted by Gasteiger charge is -2.19. The standard InChI is InChI=1S/C19H19N3O.C8H10N2O/c1-13-8-9-14-16(12-13)20-18(15-6-2-3-7-17(15)23)21-19(14)22-10-4-5-11-22;9-8(11)4-3-7-2-1-5-10-6-7/h2-3,6-9,12,23H,4-5,10-11H2,1H3;1-2,5-6H,3-4H2,(H2,9,11). The molecule has 2 aromatic heterocycles. The molecule has 4 aromatic rings. The first kappa shape index (κ1) is 23.2. The molecule has 0 unspecified atom stereocenters. The Kier molecular flexibility index (Phi) is 7.32. The summed E-state index contributed by atoms with van der Waals surface area (Å²) >= 11 is 0. The second-order valence-electron chi connectivity index (χ2n) is 8.43. The summed E-state index contributed by atoms with van der Waals surface area (Å²) in [5, 5.41) is 11.2. The predicted molar refractivity (Wildman–Crippen MR) is 135 cm³/mol. The van der Waals surface area contributed by atoms with Gasteiger partial charge in [0, 0.05) is 37.3 Å². The minimum atomic E-state index is -0.270. The summed E-state index contributed by atoms with van der Waals surface area (Å²) < 4.78 is 0. The molecule has 1 fully saturated rings. The van der Waals surface area contributed by atoms with Crippen LogP contribution in [0.1, 0.15) is 30.4 Å². The van der Waals surface area contributed by atoms with Crippen molar-refractivity contribution in [2.45, 2.75) is 32.6 Å². The van der Waals surface area contributed by atoms with Gasteiger partial charge in [-0.15, -0.1) is 0 Å². The number of phenolic OH excluding ortho intramolecular Hbond substituents is 1. The Morgan fingerprint density at radius 1 is 1.06 bits per heavy atom. The van der Waals surface area contributed by atoms with Crippen LogP contribution in [0.2, 0.25) is 0 Å². The van der Waals surface area contributed by atoms with Crippen LogP contribution in [0.3, 0.4) is 0 Å². The van der Waals surface area contributed by atoms with Crippen molar-refractivity contribution in [3.8, 4) is 17.1 Å². The van der Waals surface area contributed by atoms with Crippen LogP contribution >= 0.6 is 0 Å². The van der Waals surface area contributed by atoms with Crippen molar-refractivity contribution in [1.29, 1.82) is 0 Å². The van der Waals surface area contributed by atoms with Crippen molar-refractivity contribution in [2.75, 3.05) is 18.0 Å². The predicted octanol–water partition coefficient (Wildman–Crippen LogP) is 4.41. The summed E-state index contributed by atoms with van der Waals surface area (Å²) in [5.74, 6) is 1.51. The van der Waals surface area contributed by atoms with Gasteiger partial charge < -0.3 is 15.7 Å². The molecule has 7 nitrogen and oxygen atoms in total. The lowest BCUT2D eigenvalue weighted by Crippen LogP contribution is -2.20. The minimum Gasteiger partial charge on any atom is -0.507 e. The minimum absolute atomic E-state index is 0.215. The molecule has 1 aliphatic heterocycles. The number of fused-ring (bicyclic) bond motifs is 1. The SMILES string of the molecule is Cc1ccc2c(N3CCCC3)nc(-c3ccccc3O)nc2c1.NC(=O)CCc1cccnc1. The van der Waals surface area contributed by atoms with Gasteiger partial charge >= 0.3 is 0 Å². The smallest absolute Gasteiger partial charge is 0.217 e. The molecule has 0 radical (unpaired) electrons. The van der Waals surface area contributed by atoms with Crippen molar-refractivity contribution in [3.63, 3.8) is 0 Å². The van der Waals surface area contributed by atoms with Gasteiger partial charge in [0.05, 0.1) is 11.1 Å². The van der Waals surface area contributed by atoms with Gasteiger partial charge in [-0.25, -0.2) is 9.97 Å². The van der Waals surface area contributed by atoms with E-state index in [9.17, 15) is 9.90 Å². The quantitative estimate of drug-likeness (QED) is 0.462. The number of aromatic nitrogens is 3. The number of carbonyl (C=O) groups is 1. The maximum absolute atomic E-state index is 10.4. The number of amides is 1. The number of para-hydroxylation sites is 1. The third-order valence-electron chi connectivity index (χ3n) is 5.77. The Labute approximate surface area is 199 Å². The molecule has 1 aliphatic rings. The van der Waals surface area contributed by atoms with Crippen molar-refractivity contribution in [2.24, 2.45) is 5.73 Å². The van der Waals surface area contributed by atoms with E-state index in [1.54, 1.807) is 18.5 Å².